The predicted octanol–water partition coefficient (Wildman–Crippen LogP) is 1.16. The van der Waals surface area contributed by atoms with Crippen LogP contribution in [0.25, 0.3) is 0 Å². The Morgan fingerprint density at radius 3 is 2.59 bits per heavy atom. The van der Waals surface area contributed by atoms with Gasteiger partial charge in [-0.25, -0.2) is 0 Å². The van der Waals surface area contributed by atoms with Crippen LogP contribution in [0, 0.1) is 0 Å². The van der Waals surface area contributed by atoms with Crippen LogP contribution in [-0.2, 0) is 9.47 Å². The minimum atomic E-state index is 0.169. The van der Waals surface area contributed by atoms with E-state index in [-0.39, 0.29) is 6.10 Å². The molecule has 4 nitrogen and oxygen atoms in total. The molecule has 1 unspecified atom stereocenters. The first-order chi connectivity index (χ1) is 8.36. The molecule has 0 aromatic carbocycles. The molecule has 1 rings (SSSR count). The molecule has 0 amide bonds. The maximum atomic E-state index is 5.28. The van der Waals surface area contributed by atoms with Crippen LogP contribution in [-0.4, -0.2) is 52.6 Å². The normalized spacial score (nSPS) is 18.7. The Balaban J connectivity index is 1.86. The fraction of sp³-hybridized carbons (Fsp3) is 1.00. The molecule has 0 aromatic heterocycles. The van der Waals surface area contributed by atoms with Crippen LogP contribution in [0.5, 0.6) is 0 Å². The zero-order chi connectivity index (χ0) is 12.3. The van der Waals surface area contributed by atoms with Gasteiger partial charge in [0.15, 0.2) is 0 Å². The van der Waals surface area contributed by atoms with Crippen LogP contribution in [0.3, 0.4) is 0 Å². The first-order valence-electron chi connectivity index (χ1n) is 6.82. The van der Waals surface area contributed by atoms with E-state index in [1.54, 1.807) is 14.2 Å². The Morgan fingerprint density at radius 1 is 1.18 bits per heavy atom. The molecular weight excluding hydrogens is 216 g/mol. The molecule has 2 N–H and O–H groups in total. The smallest absolute Gasteiger partial charge is 0.0928 e. The molecule has 1 fully saturated rings. The molecule has 17 heavy (non-hydrogen) atoms. The topological polar surface area (TPSA) is 42.5 Å². The van der Waals surface area contributed by atoms with Gasteiger partial charge < -0.3 is 20.1 Å². The Kier molecular flexibility index (Phi) is 8.61. The zero-order valence-electron chi connectivity index (χ0n) is 11.3. The summed E-state index contributed by atoms with van der Waals surface area (Å²) in [6.45, 7) is 3.69. The van der Waals surface area contributed by atoms with Gasteiger partial charge in [-0.15, -0.1) is 0 Å². The number of ether oxygens (including phenoxy) is 2. The van der Waals surface area contributed by atoms with Crippen LogP contribution < -0.4 is 10.6 Å². The average Bonchev–Trinajstić information content (AvgIpc) is 2.85. The SMILES string of the molecule is COCC(CNCCCNC1CCCC1)OC. The maximum absolute atomic E-state index is 5.28. The average molecular weight is 244 g/mol. The summed E-state index contributed by atoms with van der Waals surface area (Å²) in [4.78, 5) is 0. The minimum Gasteiger partial charge on any atom is -0.382 e. The van der Waals surface area contributed by atoms with Gasteiger partial charge in [-0.2, -0.15) is 0 Å². The van der Waals surface area contributed by atoms with Gasteiger partial charge in [-0.3, -0.25) is 0 Å². The van der Waals surface area contributed by atoms with Gasteiger partial charge in [0.2, 0.25) is 0 Å². The fourth-order valence-corrected chi connectivity index (χ4v) is 2.31. The molecule has 1 atom stereocenters. The van der Waals surface area contributed by atoms with E-state index in [4.69, 9.17) is 9.47 Å². The summed E-state index contributed by atoms with van der Waals surface area (Å²) in [7, 11) is 3.44. The fourth-order valence-electron chi connectivity index (χ4n) is 2.31. The molecule has 0 spiro atoms. The van der Waals surface area contributed by atoms with Crippen LogP contribution in [0.1, 0.15) is 32.1 Å². The Labute approximate surface area is 105 Å². The summed E-state index contributed by atoms with van der Waals surface area (Å²) in [5, 5.41) is 7.01. The molecule has 1 aliphatic carbocycles. The van der Waals surface area contributed by atoms with Crippen molar-refractivity contribution in [3.63, 3.8) is 0 Å². The van der Waals surface area contributed by atoms with Crippen molar-refractivity contribution in [1.29, 1.82) is 0 Å². The lowest BCUT2D eigenvalue weighted by Gasteiger charge is -2.15. The Bertz CT molecular complexity index is 173. The highest BCUT2D eigenvalue weighted by molar-refractivity contribution is 4.73. The predicted molar refractivity (Wildman–Crippen MR) is 70.4 cm³/mol. The van der Waals surface area contributed by atoms with Gasteiger partial charge in [0.1, 0.15) is 0 Å². The molecule has 0 saturated heterocycles. The maximum Gasteiger partial charge on any atom is 0.0928 e. The third-order valence-electron chi connectivity index (χ3n) is 3.38. The summed E-state index contributed by atoms with van der Waals surface area (Å²) >= 11 is 0. The first kappa shape index (κ1) is 14.9. The van der Waals surface area contributed by atoms with Gasteiger partial charge in [0, 0.05) is 26.8 Å². The second kappa shape index (κ2) is 9.83. The van der Waals surface area contributed by atoms with Crippen molar-refractivity contribution in [1.82, 2.24) is 10.6 Å². The van der Waals surface area contributed by atoms with Gasteiger partial charge in [-0.05, 0) is 32.4 Å². The lowest BCUT2D eigenvalue weighted by Crippen LogP contribution is -2.34. The lowest BCUT2D eigenvalue weighted by molar-refractivity contribution is 0.0290. The monoisotopic (exact) mass is 244 g/mol. The molecule has 0 bridgehead atoms. The molecule has 1 saturated carbocycles. The molecule has 0 heterocycles. The Morgan fingerprint density at radius 2 is 1.94 bits per heavy atom. The van der Waals surface area contributed by atoms with Gasteiger partial charge in [0.05, 0.1) is 12.7 Å². The molecule has 1 aliphatic rings. The third-order valence-corrected chi connectivity index (χ3v) is 3.38. The highest BCUT2D eigenvalue weighted by Crippen LogP contribution is 2.17. The van der Waals surface area contributed by atoms with E-state index in [1.165, 1.54) is 32.1 Å². The van der Waals surface area contributed by atoms with Gasteiger partial charge in [0.25, 0.3) is 0 Å². The van der Waals surface area contributed by atoms with Crippen LogP contribution in [0.2, 0.25) is 0 Å². The van der Waals surface area contributed by atoms with Gasteiger partial charge >= 0.3 is 0 Å². The second-order valence-corrected chi connectivity index (χ2v) is 4.81. The minimum absolute atomic E-state index is 0.169. The lowest BCUT2D eigenvalue weighted by atomic mass is 10.2. The highest BCUT2D eigenvalue weighted by Gasteiger charge is 2.13. The summed E-state index contributed by atoms with van der Waals surface area (Å²) in [5.41, 5.74) is 0. The number of methoxy groups -OCH3 is 2. The summed E-state index contributed by atoms with van der Waals surface area (Å²) < 4.78 is 10.3. The summed E-state index contributed by atoms with van der Waals surface area (Å²) in [6, 6.07) is 0.787. The standard InChI is InChI=1S/C13H28N2O2/c1-16-11-13(17-2)10-14-8-5-9-15-12-6-3-4-7-12/h12-15H,3-11H2,1-2H3. The number of nitrogens with one attached hydrogen (secondary N) is 2. The van der Waals surface area contributed by atoms with Crippen LogP contribution >= 0.6 is 0 Å². The molecule has 0 aromatic rings. The second-order valence-electron chi connectivity index (χ2n) is 4.81. The third kappa shape index (κ3) is 6.99. The highest BCUT2D eigenvalue weighted by atomic mass is 16.5. The van der Waals surface area contributed by atoms with Crippen molar-refractivity contribution in [2.45, 2.75) is 44.2 Å². The van der Waals surface area contributed by atoms with Crippen molar-refractivity contribution in [3.8, 4) is 0 Å². The van der Waals surface area contributed by atoms with Crippen molar-refractivity contribution >= 4 is 0 Å². The first-order valence-corrected chi connectivity index (χ1v) is 6.82. The largest absolute Gasteiger partial charge is 0.382 e. The number of hydrogen-bond donors (Lipinski definition) is 2. The van der Waals surface area contributed by atoms with Crippen LogP contribution in [0.15, 0.2) is 0 Å². The van der Waals surface area contributed by atoms with Crippen molar-refractivity contribution in [3.05, 3.63) is 0 Å². The molecular formula is C13H28N2O2. The number of hydrogen-bond acceptors (Lipinski definition) is 4. The van der Waals surface area contributed by atoms with E-state index in [1.807, 2.05) is 0 Å². The van der Waals surface area contributed by atoms with Crippen molar-refractivity contribution < 1.29 is 9.47 Å². The van der Waals surface area contributed by atoms with E-state index < -0.39 is 0 Å². The van der Waals surface area contributed by atoms with Crippen LogP contribution in [0.4, 0.5) is 0 Å². The van der Waals surface area contributed by atoms with Crippen molar-refractivity contribution in [2.24, 2.45) is 0 Å². The summed E-state index contributed by atoms with van der Waals surface area (Å²) in [5.74, 6) is 0. The van der Waals surface area contributed by atoms with E-state index in [0.717, 1.165) is 25.7 Å². The van der Waals surface area contributed by atoms with Gasteiger partial charge in [-0.1, -0.05) is 12.8 Å². The zero-order valence-corrected chi connectivity index (χ0v) is 11.3. The van der Waals surface area contributed by atoms with E-state index in [0.29, 0.717) is 6.61 Å². The number of rotatable bonds is 10. The molecule has 4 heteroatoms. The molecule has 0 aliphatic heterocycles. The van der Waals surface area contributed by atoms with E-state index in [2.05, 4.69) is 10.6 Å². The molecule has 102 valence electrons. The Hall–Kier alpha value is -0.160. The van der Waals surface area contributed by atoms with E-state index in [9.17, 15) is 0 Å². The van der Waals surface area contributed by atoms with Crippen molar-refractivity contribution in [2.75, 3.05) is 40.5 Å². The molecule has 0 radical (unpaired) electrons. The summed E-state index contributed by atoms with van der Waals surface area (Å²) in [6.07, 6.45) is 6.90. The quantitative estimate of drug-likeness (QED) is 0.566. The van der Waals surface area contributed by atoms with E-state index >= 15 is 0 Å².